The van der Waals surface area contributed by atoms with Gasteiger partial charge in [-0.3, -0.25) is 14.7 Å². The Hall–Kier alpha value is -3.19. The van der Waals surface area contributed by atoms with Crippen molar-refractivity contribution in [1.82, 2.24) is 9.88 Å². The summed E-state index contributed by atoms with van der Waals surface area (Å²) >= 11 is 0. The van der Waals surface area contributed by atoms with Crippen LogP contribution in [0.4, 0.5) is 18.9 Å². The van der Waals surface area contributed by atoms with E-state index >= 15 is 0 Å². The third kappa shape index (κ3) is 5.11. The monoisotopic (exact) mass is 425 g/mol. The number of nitrogens with one attached hydrogen (secondary N) is 1. The fourth-order valence-corrected chi connectivity index (χ4v) is 3.76. The predicted molar refractivity (Wildman–Crippen MR) is 113 cm³/mol. The summed E-state index contributed by atoms with van der Waals surface area (Å²) in [5.41, 5.74) is 4.40. The Morgan fingerprint density at radius 2 is 1.84 bits per heavy atom. The second-order valence-corrected chi connectivity index (χ2v) is 7.74. The van der Waals surface area contributed by atoms with Crippen molar-refractivity contribution in [3.05, 3.63) is 94.3 Å². The van der Waals surface area contributed by atoms with Crippen molar-refractivity contribution in [2.75, 3.05) is 11.9 Å². The minimum Gasteiger partial charge on any atom is -0.322 e. The molecule has 160 valence electrons. The van der Waals surface area contributed by atoms with Crippen LogP contribution in [0.3, 0.4) is 0 Å². The van der Waals surface area contributed by atoms with E-state index in [0.29, 0.717) is 5.69 Å². The minimum absolute atomic E-state index is 0.179. The Kier molecular flexibility index (Phi) is 5.78. The summed E-state index contributed by atoms with van der Waals surface area (Å²) in [5, 5.41) is 2.79. The predicted octanol–water partition coefficient (Wildman–Crippen LogP) is 5.22. The number of benzene rings is 2. The number of alkyl halides is 3. The van der Waals surface area contributed by atoms with Gasteiger partial charge in [-0.15, -0.1) is 0 Å². The average Bonchev–Trinajstić information content (AvgIpc) is 2.73. The Balaban J connectivity index is 1.44. The van der Waals surface area contributed by atoms with Crippen LogP contribution in [-0.4, -0.2) is 22.3 Å². The van der Waals surface area contributed by atoms with Crippen molar-refractivity contribution in [1.29, 1.82) is 0 Å². The van der Waals surface area contributed by atoms with Gasteiger partial charge in [0.2, 0.25) is 0 Å². The fraction of sp³-hybridized carbons (Fsp3) is 0.250. The van der Waals surface area contributed by atoms with Crippen molar-refractivity contribution in [3.8, 4) is 0 Å². The first-order chi connectivity index (χ1) is 14.8. The lowest BCUT2D eigenvalue weighted by Crippen LogP contribution is -2.30. The number of aromatic nitrogens is 1. The quantitative estimate of drug-likeness (QED) is 0.623. The molecule has 2 aromatic carbocycles. The van der Waals surface area contributed by atoms with Gasteiger partial charge in [-0.05, 0) is 73.0 Å². The summed E-state index contributed by atoms with van der Waals surface area (Å²) in [6.07, 6.45) is -3.51. The van der Waals surface area contributed by atoms with E-state index < -0.39 is 17.6 Å². The first-order valence-corrected chi connectivity index (χ1v) is 10.0. The molecule has 0 unspecified atom stereocenters. The normalized spacial score (nSPS) is 14.2. The van der Waals surface area contributed by atoms with Gasteiger partial charge in [0.05, 0.1) is 11.3 Å². The molecular formula is C24H22F3N3O. The number of pyridine rings is 1. The van der Waals surface area contributed by atoms with Crippen LogP contribution in [0.2, 0.25) is 0 Å². The third-order valence-electron chi connectivity index (χ3n) is 5.36. The van der Waals surface area contributed by atoms with Gasteiger partial charge in [-0.1, -0.05) is 12.1 Å². The van der Waals surface area contributed by atoms with E-state index in [1.165, 1.54) is 17.7 Å². The van der Waals surface area contributed by atoms with E-state index in [0.717, 1.165) is 55.1 Å². The number of nitrogens with zero attached hydrogens (tertiary/aromatic N) is 2. The number of rotatable bonds is 4. The first kappa shape index (κ1) is 21.1. The van der Waals surface area contributed by atoms with Gasteiger partial charge in [-0.2, -0.15) is 13.2 Å². The zero-order chi connectivity index (χ0) is 22.0. The molecule has 1 N–H and O–H groups in total. The largest absolute Gasteiger partial charge is 0.416 e. The van der Waals surface area contributed by atoms with E-state index in [2.05, 4.69) is 15.2 Å². The molecule has 0 saturated heterocycles. The van der Waals surface area contributed by atoms with Crippen LogP contribution < -0.4 is 5.32 Å². The number of aryl methyl sites for hydroxylation is 1. The smallest absolute Gasteiger partial charge is 0.322 e. The van der Waals surface area contributed by atoms with Crippen LogP contribution in [0.1, 0.15) is 38.4 Å². The molecule has 0 aliphatic carbocycles. The summed E-state index contributed by atoms with van der Waals surface area (Å²) in [4.78, 5) is 19.3. The summed E-state index contributed by atoms with van der Waals surface area (Å²) in [6, 6.07) is 16.0. The lowest BCUT2D eigenvalue weighted by molar-refractivity contribution is -0.137. The molecule has 4 nitrogen and oxygen atoms in total. The van der Waals surface area contributed by atoms with Gasteiger partial charge < -0.3 is 5.32 Å². The van der Waals surface area contributed by atoms with Gasteiger partial charge in [0, 0.05) is 36.6 Å². The summed E-state index contributed by atoms with van der Waals surface area (Å²) in [5.74, 6) is -0.440. The minimum atomic E-state index is -4.42. The number of carbonyl (C=O) groups excluding carboxylic acids is 1. The molecule has 2 heterocycles. The van der Waals surface area contributed by atoms with E-state index in [4.69, 9.17) is 0 Å². The Morgan fingerprint density at radius 3 is 2.55 bits per heavy atom. The molecule has 0 spiro atoms. The maximum atomic E-state index is 12.7. The molecule has 1 aliphatic heterocycles. The molecule has 7 heteroatoms. The molecule has 0 fully saturated rings. The van der Waals surface area contributed by atoms with Gasteiger partial charge >= 0.3 is 6.18 Å². The van der Waals surface area contributed by atoms with E-state index in [1.54, 1.807) is 0 Å². The molecule has 0 saturated carbocycles. The number of fused-ring (bicyclic) bond motifs is 1. The van der Waals surface area contributed by atoms with Crippen LogP contribution in [-0.2, 0) is 25.7 Å². The van der Waals surface area contributed by atoms with Crippen LogP contribution in [0.25, 0.3) is 0 Å². The third-order valence-corrected chi connectivity index (χ3v) is 5.36. The second kappa shape index (κ2) is 8.51. The number of carbonyl (C=O) groups is 1. The van der Waals surface area contributed by atoms with Crippen molar-refractivity contribution >= 4 is 11.6 Å². The molecule has 1 aromatic heterocycles. The number of halogens is 3. The Bertz CT molecular complexity index is 1090. The van der Waals surface area contributed by atoms with Crippen LogP contribution in [0, 0.1) is 6.92 Å². The van der Waals surface area contributed by atoms with Crippen LogP contribution in [0.5, 0.6) is 0 Å². The van der Waals surface area contributed by atoms with E-state index in [9.17, 15) is 18.0 Å². The molecule has 3 aromatic rings. The average molecular weight is 425 g/mol. The molecule has 1 amide bonds. The molecule has 0 atom stereocenters. The number of hydrogen-bond donors (Lipinski definition) is 1. The Morgan fingerprint density at radius 1 is 1.06 bits per heavy atom. The van der Waals surface area contributed by atoms with Crippen molar-refractivity contribution in [2.24, 2.45) is 0 Å². The van der Waals surface area contributed by atoms with Gasteiger partial charge in [-0.25, -0.2) is 0 Å². The molecule has 0 bridgehead atoms. The van der Waals surface area contributed by atoms with E-state index in [1.807, 2.05) is 43.3 Å². The zero-order valence-electron chi connectivity index (χ0n) is 17.0. The highest BCUT2D eigenvalue weighted by Gasteiger charge is 2.30. The SMILES string of the molecule is Cc1cccc(CN2CCc3ccc(NC(=O)c4ccc(C(F)(F)F)cc4)cc3C2)n1. The van der Waals surface area contributed by atoms with Gasteiger partial charge in [0.15, 0.2) is 0 Å². The van der Waals surface area contributed by atoms with E-state index in [-0.39, 0.29) is 5.56 Å². The summed E-state index contributed by atoms with van der Waals surface area (Å²) in [7, 11) is 0. The lowest BCUT2D eigenvalue weighted by atomic mass is 9.98. The van der Waals surface area contributed by atoms with Crippen LogP contribution >= 0.6 is 0 Å². The highest BCUT2D eigenvalue weighted by molar-refractivity contribution is 6.04. The zero-order valence-corrected chi connectivity index (χ0v) is 17.0. The number of anilines is 1. The first-order valence-electron chi connectivity index (χ1n) is 10.0. The van der Waals surface area contributed by atoms with Crippen molar-refractivity contribution in [2.45, 2.75) is 32.6 Å². The number of amides is 1. The number of hydrogen-bond acceptors (Lipinski definition) is 3. The maximum absolute atomic E-state index is 12.7. The van der Waals surface area contributed by atoms with Crippen molar-refractivity contribution < 1.29 is 18.0 Å². The highest BCUT2D eigenvalue weighted by Crippen LogP contribution is 2.29. The lowest BCUT2D eigenvalue weighted by Gasteiger charge is -2.29. The molecule has 31 heavy (non-hydrogen) atoms. The summed E-state index contributed by atoms with van der Waals surface area (Å²) < 4.78 is 38.1. The standard InChI is InChI=1S/C24H22F3N3O/c1-16-3-2-4-22(28-16)15-30-12-11-17-7-10-21(13-19(17)14-30)29-23(31)18-5-8-20(9-6-18)24(25,26)27/h2-10,13H,11-12,14-15H2,1H3,(H,29,31). The summed E-state index contributed by atoms with van der Waals surface area (Å²) in [6.45, 7) is 4.40. The molecule has 4 rings (SSSR count). The molecule has 0 radical (unpaired) electrons. The topological polar surface area (TPSA) is 45.2 Å². The maximum Gasteiger partial charge on any atom is 0.416 e. The Labute approximate surface area is 178 Å². The molecular weight excluding hydrogens is 403 g/mol. The van der Waals surface area contributed by atoms with Gasteiger partial charge in [0.1, 0.15) is 0 Å². The second-order valence-electron chi connectivity index (χ2n) is 7.74. The van der Waals surface area contributed by atoms with Gasteiger partial charge in [0.25, 0.3) is 5.91 Å². The van der Waals surface area contributed by atoms with Crippen molar-refractivity contribution in [3.63, 3.8) is 0 Å². The molecule has 1 aliphatic rings. The fourth-order valence-electron chi connectivity index (χ4n) is 3.76. The van der Waals surface area contributed by atoms with Crippen LogP contribution in [0.15, 0.2) is 60.7 Å². The highest BCUT2D eigenvalue weighted by atomic mass is 19.4.